The molecule has 1 aliphatic heterocycles. The Morgan fingerprint density at radius 2 is 2.07 bits per heavy atom. The first-order valence-corrected chi connectivity index (χ1v) is 9.79. The largest absolute Gasteiger partial charge is 0.435 e. The molecular weight excluding hydrogens is 373 g/mol. The van der Waals surface area contributed by atoms with Gasteiger partial charge in [0.2, 0.25) is 5.91 Å². The Morgan fingerprint density at radius 3 is 2.79 bits per heavy atom. The molecule has 4 rings (SSSR count). The van der Waals surface area contributed by atoms with E-state index in [2.05, 4.69) is 10.3 Å². The van der Waals surface area contributed by atoms with Crippen molar-refractivity contribution in [2.75, 3.05) is 6.54 Å². The topological polar surface area (TPSA) is 64.2 Å². The van der Waals surface area contributed by atoms with Gasteiger partial charge < -0.3 is 9.42 Å². The Kier molecular flexibility index (Phi) is 4.93. The third-order valence-corrected chi connectivity index (χ3v) is 5.65. The number of aryl methyl sites for hydroxylation is 1. The molecule has 0 unspecified atom stereocenters. The first-order chi connectivity index (χ1) is 13.4. The number of fused-ring (bicyclic) bond motifs is 1. The van der Waals surface area contributed by atoms with Crippen LogP contribution in [0.15, 0.2) is 10.6 Å². The Hall–Kier alpha value is -2.32. The van der Waals surface area contributed by atoms with Crippen molar-refractivity contribution < 1.29 is 22.5 Å². The van der Waals surface area contributed by atoms with E-state index in [1.807, 2.05) is 13.0 Å². The Balaban J connectivity index is 1.57. The van der Waals surface area contributed by atoms with Gasteiger partial charge in [-0.15, -0.1) is 0 Å². The number of alkyl halides is 3. The summed E-state index contributed by atoms with van der Waals surface area (Å²) in [7, 11) is 0. The predicted molar refractivity (Wildman–Crippen MR) is 93.4 cm³/mol. The highest BCUT2D eigenvalue weighted by Gasteiger charge is 2.40. The van der Waals surface area contributed by atoms with Gasteiger partial charge in [0.25, 0.3) is 0 Å². The molecule has 2 aromatic rings. The van der Waals surface area contributed by atoms with Gasteiger partial charge in [0, 0.05) is 23.9 Å². The third kappa shape index (κ3) is 3.42. The number of hydrogen-bond donors (Lipinski definition) is 0. The number of rotatable bonds is 4. The van der Waals surface area contributed by atoms with Crippen LogP contribution in [0, 0.1) is 0 Å². The van der Waals surface area contributed by atoms with Gasteiger partial charge in [-0.25, -0.2) is 0 Å². The van der Waals surface area contributed by atoms with Crippen LogP contribution < -0.4 is 0 Å². The number of carbonyl (C=O) groups is 1. The molecule has 28 heavy (non-hydrogen) atoms. The number of amides is 1. The summed E-state index contributed by atoms with van der Waals surface area (Å²) in [5, 5.41) is 7.79. The van der Waals surface area contributed by atoms with Crippen LogP contribution >= 0.6 is 0 Å². The van der Waals surface area contributed by atoms with Gasteiger partial charge >= 0.3 is 6.18 Å². The highest BCUT2D eigenvalue weighted by molar-refractivity contribution is 5.77. The maximum absolute atomic E-state index is 13.4. The van der Waals surface area contributed by atoms with Crippen LogP contribution in [0.4, 0.5) is 13.2 Å². The molecule has 0 radical (unpaired) electrons. The number of hydrogen-bond acceptors (Lipinski definition) is 4. The molecule has 0 N–H and O–H groups in total. The molecule has 3 heterocycles. The zero-order chi connectivity index (χ0) is 19.9. The summed E-state index contributed by atoms with van der Waals surface area (Å²) in [6.45, 7) is 2.35. The summed E-state index contributed by atoms with van der Waals surface area (Å²) in [5.41, 5.74) is 0.795. The summed E-state index contributed by atoms with van der Waals surface area (Å²) >= 11 is 0. The first kappa shape index (κ1) is 19.0. The van der Waals surface area contributed by atoms with Gasteiger partial charge in [0.05, 0.1) is 11.7 Å². The zero-order valence-electron chi connectivity index (χ0n) is 15.8. The lowest BCUT2D eigenvalue weighted by Gasteiger charge is -2.23. The lowest BCUT2D eigenvalue weighted by Crippen LogP contribution is -2.34. The number of carbonyl (C=O) groups excluding carboxylic acids is 1. The van der Waals surface area contributed by atoms with Crippen molar-refractivity contribution in [1.82, 2.24) is 19.8 Å². The van der Waals surface area contributed by atoms with Crippen LogP contribution in [0.3, 0.4) is 0 Å². The number of nitrogens with zero attached hydrogens (tertiary/aromatic N) is 4. The predicted octanol–water partition coefficient (Wildman–Crippen LogP) is 3.69. The average molecular weight is 396 g/mol. The molecule has 0 bridgehead atoms. The summed E-state index contributed by atoms with van der Waals surface area (Å²) in [6.07, 6.45) is 0.244. The molecule has 2 aromatic heterocycles. The first-order valence-electron chi connectivity index (χ1n) is 9.79. The fourth-order valence-electron chi connectivity index (χ4n) is 4.26. The monoisotopic (exact) mass is 396 g/mol. The van der Waals surface area contributed by atoms with Crippen molar-refractivity contribution in [2.45, 2.75) is 70.6 Å². The quantitative estimate of drug-likeness (QED) is 0.791. The molecular formula is C19H23F3N4O2. The van der Waals surface area contributed by atoms with E-state index >= 15 is 0 Å². The molecule has 1 aliphatic carbocycles. The van der Waals surface area contributed by atoms with Gasteiger partial charge in [0.1, 0.15) is 6.54 Å². The van der Waals surface area contributed by atoms with E-state index in [9.17, 15) is 18.0 Å². The second-order valence-electron chi connectivity index (χ2n) is 7.46. The summed E-state index contributed by atoms with van der Waals surface area (Å²) in [6, 6.07) is 1.64. The van der Waals surface area contributed by atoms with Crippen LogP contribution in [-0.4, -0.2) is 32.3 Å². The maximum Gasteiger partial charge on any atom is 0.435 e. The van der Waals surface area contributed by atoms with Crippen LogP contribution in [0.25, 0.3) is 0 Å². The normalized spacial score (nSPS) is 19.9. The van der Waals surface area contributed by atoms with Gasteiger partial charge in [0.15, 0.2) is 11.5 Å². The molecule has 1 fully saturated rings. The number of aromatic nitrogens is 3. The standard InChI is InChI=1S/C19H23F3N4O2/c1-2-12-10-16(28-24-12)15-8-5-9-25(15)17(27)11-26-14-7-4-3-6-13(14)18(23-26)19(20,21)22/h10,15H,2-9,11H2,1H3/t15-/m0/s1. The van der Waals surface area contributed by atoms with Gasteiger partial charge in [-0.2, -0.15) is 18.3 Å². The van der Waals surface area contributed by atoms with E-state index in [0.717, 1.165) is 37.8 Å². The highest BCUT2D eigenvalue weighted by atomic mass is 19.4. The van der Waals surface area contributed by atoms with Gasteiger partial charge in [-0.1, -0.05) is 12.1 Å². The van der Waals surface area contributed by atoms with E-state index in [1.165, 1.54) is 4.68 Å². The fraction of sp³-hybridized carbons (Fsp3) is 0.632. The van der Waals surface area contributed by atoms with E-state index in [0.29, 0.717) is 30.8 Å². The minimum absolute atomic E-state index is 0.177. The lowest BCUT2D eigenvalue weighted by atomic mass is 9.95. The molecule has 0 saturated carbocycles. The minimum atomic E-state index is -4.50. The van der Waals surface area contributed by atoms with Crippen LogP contribution in [-0.2, 0) is 36.8 Å². The Labute approximate surface area is 160 Å². The lowest BCUT2D eigenvalue weighted by molar-refractivity contribution is -0.142. The SMILES string of the molecule is CCc1cc([C@@H]2CCCN2C(=O)Cn2nc(C(F)(F)F)c3c2CCCC3)on1. The molecule has 1 amide bonds. The molecule has 0 aromatic carbocycles. The van der Waals surface area contributed by atoms with Crippen molar-refractivity contribution in [1.29, 1.82) is 0 Å². The summed E-state index contributed by atoms with van der Waals surface area (Å²) in [4.78, 5) is 14.6. The second kappa shape index (κ2) is 7.25. The van der Waals surface area contributed by atoms with Gasteiger partial charge in [-0.05, 0) is 44.9 Å². The van der Waals surface area contributed by atoms with E-state index in [1.54, 1.807) is 4.90 Å². The zero-order valence-corrected chi connectivity index (χ0v) is 15.8. The summed E-state index contributed by atoms with van der Waals surface area (Å²) in [5.74, 6) is 0.405. The van der Waals surface area contributed by atoms with Crippen molar-refractivity contribution in [3.8, 4) is 0 Å². The highest BCUT2D eigenvalue weighted by Crippen LogP contribution is 2.36. The molecule has 6 nitrogen and oxygen atoms in total. The van der Waals surface area contributed by atoms with Crippen molar-refractivity contribution in [3.05, 3.63) is 34.5 Å². The Bertz CT molecular complexity index is 871. The maximum atomic E-state index is 13.4. The molecule has 1 atom stereocenters. The van der Waals surface area contributed by atoms with Crippen molar-refractivity contribution in [3.63, 3.8) is 0 Å². The van der Waals surface area contributed by atoms with E-state index in [4.69, 9.17) is 4.52 Å². The van der Waals surface area contributed by atoms with Crippen LogP contribution in [0.1, 0.15) is 67.1 Å². The molecule has 152 valence electrons. The minimum Gasteiger partial charge on any atom is -0.359 e. The van der Waals surface area contributed by atoms with Gasteiger partial charge in [-0.3, -0.25) is 9.48 Å². The van der Waals surface area contributed by atoms with Crippen molar-refractivity contribution >= 4 is 5.91 Å². The molecule has 9 heteroatoms. The van der Waals surface area contributed by atoms with E-state index in [-0.39, 0.29) is 24.1 Å². The molecule has 1 saturated heterocycles. The van der Waals surface area contributed by atoms with Crippen LogP contribution in [0.2, 0.25) is 0 Å². The average Bonchev–Trinajstić information content (AvgIpc) is 3.39. The summed E-state index contributed by atoms with van der Waals surface area (Å²) < 4.78 is 46.7. The smallest absolute Gasteiger partial charge is 0.359 e. The van der Waals surface area contributed by atoms with Crippen LogP contribution in [0.5, 0.6) is 0 Å². The van der Waals surface area contributed by atoms with Crippen molar-refractivity contribution in [2.24, 2.45) is 0 Å². The third-order valence-electron chi connectivity index (χ3n) is 5.65. The number of halogens is 3. The fourth-order valence-corrected chi connectivity index (χ4v) is 4.26. The second-order valence-corrected chi connectivity index (χ2v) is 7.46. The van der Waals surface area contributed by atoms with E-state index < -0.39 is 11.9 Å². The Morgan fingerprint density at radius 1 is 1.29 bits per heavy atom. The molecule has 0 spiro atoms. The molecule has 2 aliphatic rings. The number of likely N-dealkylation sites (tertiary alicyclic amines) is 1.